The first kappa shape index (κ1) is 16.1. The van der Waals surface area contributed by atoms with Gasteiger partial charge >= 0.3 is 0 Å². The lowest BCUT2D eigenvalue weighted by atomic mass is 10.1. The van der Waals surface area contributed by atoms with Crippen LogP contribution in [0.25, 0.3) is 0 Å². The molecular formula is C18H17FN2O3. The molecule has 2 aromatic carbocycles. The summed E-state index contributed by atoms with van der Waals surface area (Å²) in [6.07, 6.45) is 1.13. The van der Waals surface area contributed by atoms with E-state index in [1.54, 1.807) is 30.3 Å². The molecule has 5 nitrogen and oxygen atoms in total. The van der Waals surface area contributed by atoms with Gasteiger partial charge in [0, 0.05) is 23.5 Å². The van der Waals surface area contributed by atoms with E-state index in [-0.39, 0.29) is 11.8 Å². The highest BCUT2D eigenvalue weighted by molar-refractivity contribution is 6.05. The number of amides is 2. The number of nitrogens with one attached hydrogen (secondary N) is 2. The van der Waals surface area contributed by atoms with E-state index >= 15 is 0 Å². The van der Waals surface area contributed by atoms with Gasteiger partial charge in [-0.25, -0.2) is 4.39 Å². The van der Waals surface area contributed by atoms with Crippen LogP contribution in [-0.4, -0.2) is 24.5 Å². The Morgan fingerprint density at radius 1 is 1.04 bits per heavy atom. The third kappa shape index (κ3) is 3.97. The number of carbonyl (C=O) groups excluding carboxylic acids is 2. The first-order valence-corrected chi connectivity index (χ1v) is 7.71. The monoisotopic (exact) mass is 328 g/mol. The summed E-state index contributed by atoms with van der Waals surface area (Å²) >= 11 is 0. The lowest BCUT2D eigenvalue weighted by Gasteiger charge is -2.11. The van der Waals surface area contributed by atoms with Crippen molar-refractivity contribution in [2.45, 2.75) is 18.9 Å². The van der Waals surface area contributed by atoms with Gasteiger partial charge in [-0.3, -0.25) is 9.59 Å². The van der Waals surface area contributed by atoms with E-state index in [2.05, 4.69) is 10.6 Å². The molecule has 1 atom stereocenters. The fourth-order valence-electron chi connectivity index (χ4n) is 2.51. The van der Waals surface area contributed by atoms with E-state index in [0.29, 0.717) is 30.0 Å². The number of rotatable bonds is 4. The molecule has 2 N–H and O–H groups in total. The summed E-state index contributed by atoms with van der Waals surface area (Å²) in [7, 11) is 0. The Morgan fingerprint density at radius 3 is 2.50 bits per heavy atom. The van der Waals surface area contributed by atoms with Gasteiger partial charge in [-0.1, -0.05) is 12.1 Å². The van der Waals surface area contributed by atoms with Gasteiger partial charge in [0.25, 0.3) is 11.8 Å². The third-order valence-electron chi connectivity index (χ3n) is 3.70. The molecule has 0 spiro atoms. The number of ether oxygens (including phenoxy) is 1. The van der Waals surface area contributed by atoms with Crippen LogP contribution in [0.2, 0.25) is 0 Å². The number of halogens is 1. The van der Waals surface area contributed by atoms with Crippen LogP contribution in [0.5, 0.6) is 0 Å². The molecule has 1 unspecified atom stereocenters. The number of hydrogen-bond acceptors (Lipinski definition) is 3. The summed E-state index contributed by atoms with van der Waals surface area (Å²) in [5.41, 5.74) is 1.25. The molecule has 2 aromatic rings. The Hall–Kier alpha value is -2.73. The van der Waals surface area contributed by atoms with Crippen molar-refractivity contribution in [2.75, 3.05) is 17.2 Å². The maximum absolute atomic E-state index is 13.2. The van der Waals surface area contributed by atoms with Crippen molar-refractivity contribution in [1.29, 1.82) is 0 Å². The minimum atomic E-state index is -0.435. The Kier molecular flexibility index (Phi) is 4.86. The molecule has 24 heavy (non-hydrogen) atoms. The normalized spacial score (nSPS) is 16.6. The van der Waals surface area contributed by atoms with E-state index in [0.717, 1.165) is 6.42 Å². The Balaban J connectivity index is 1.67. The standard InChI is InChI=1S/C18H17FN2O3/c19-13-5-2-7-15(11-13)20-17(22)12-4-1-6-14(10-12)21-18(23)16-8-3-9-24-16/h1-2,4-7,10-11,16H,3,8-9H2,(H,20,22)(H,21,23). The lowest BCUT2D eigenvalue weighted by molar-refractivity contribution is -0.124. The fourth-order valence-corrected chi connectivity index (χ4v) is 2.51. The molecule has 0 saturated carbocycles. The zero-order valence-electron chi connectivity index (χ0n) is 12.9. The highest BCUT2D eigenvalue weighted by Crippen LogP contribution is 2.17. The molecule has 124 valence electrons. The van der Waals surface area contributed by atoms with Gasteiger partial charge in [-0.15, -0.1) is 0 Å². The molecule has 2 amide bonds. The lowest BCUT2D eigenvalue weighted by Crippen LogP contribution is -2.27. The van der Waals surface area contributed by atoms with Gasteiger partial charge in [0.15, 0.2) is 0 Å². The predicted molar refractivity (Wildman–Crippen MR) is 88.4 cm³/mol. The van der Waals surface area contributed by atoms with E-state index in [1.165, 1.54) is 18.2 Å². The van der Waals surface area contributed by atoms with Crippen molar-refractivity contribution in [2.24, 2.45) is 0 Å². The first-order valence-electron chi connectivity index (χ1n) is 7.71. The van der Waals surface area contributed by atoms with E-state index in [1.807, 2.05) is 0 Å². The zero-order valence-corrected chi connectivity index (χ0v) is 12.9. The Bertz CT molecular complexity index is 757. The van der Waals surface area contributed by atoms with Gasteiger partial charge < -0.3 is 15.4 Å². The minimum absolute atomic E-state index is 0.213. The van der Waals surface area contributed by atoms with Crippen LogP contribution in [0.15, 0.2) is 48.5 Å². The van der Waals surface area contributed by atoms with Gasteiger partial charge in [-0.05, 0) is 49.2 Å². The van der Waals surface area contributed by atoms with Crippen LogP contribution in [0, 0.1) is 5.82 Å². The molecule has 0 aliphatic carbocycles. The van der Waals surface area contributed by atoms with Crippen LogP contribution in [0.4, 0.5) is 15.8 Å². The summed E-state index contributed by atoms with van der Waals surface area (Å²) in [6.45, 7) is 0.591. The Labute approximate surface area is 138 Å². The van der Waals surface area contributed by atoms with Crippen molar-refractivity contribution in [3.8, 4) is 0 Å². The average molecular weight is 328 g/mol. The summed E-state index contributed by atoms with van der Waals surface area (Å²) in [5, 5.41) is 5.37. The smallest absolute Gasteiger partial charge is 0.255 e. The second-order valence-electron chi connectivity index (χ2n) is 5.54. The number of anilines is 2. The van der Waals surface area contributed by atoms with Crippen molar-refractivity contribution >= 4 is 23.2 Å². The second-order valence-corrected chi connectivity index (χ2v) is 5.54. The third-order valence-corrected chi connectivity index (χ3v) is 3.70. The molecule has 1 aliphatic heterocycles. The fraction of sp³-hybridized carbons (Fsp3) is 0.222. The van der Waals surface area contributed by atoms with Crippen LogP contribution >= 0.6 is 0 Å². The maximum atomic E-state index is 13.2. The summed E-state index contributed by atoms with van der Waals surface area (Å²) < 4.78 is 18.5. The highest BCUT2D eigenvalue weighted by atomic mass is 19.1. The van der Waals surface area contributed by atoms with E-state index in [4.69, 9.17) is 4.74 Å². The quantitative estimate of drug-likeness (QED) is 0.906. The van der Waals surface area contributed by atoms with Crippen molar-refractivity contribution in [3.63, 3.8) is 0 Å². The minimum Gasteiger partial charge on any atom is -0.368 e. The van der Waals surface area contributed by atoms with Crippen molar-refractivity contribution < 1.29 is 18.7 Å². The SMILES string of the molecule is O=C(Nc1cccc(F)c1)c1cccc(NC(=O)C2CCCO2)c1. The molecule has 1 fully saturated rings. The van der Waals surface area contributed by atoms with E-state index in [9.17, 15) is 14.0 Å². The van der Waals surface area contributed by atoms with Crippen LogP contribution in [-0.2, 0) is 9.53 Å². The summed E-state index contributed by atoms with van der Waals surface area (Å²) in [5.74, 6) is -1.02. The van der Waals surface area contributed by atoms with Crippen molar-refractivity contribution in [3.05, 3.63) is 59.9 Å². The Morgan fingerprint density at radius 2 is 1.79 bits per heavy atom. The van der Waals surface area contributed by atoms with Gasteiger partial charge in [0.05, 0.1) is 0 Å². The van der Waals surface area contributed by atoms with Gasteiger partial charge in [0.2, 0.25) is 0 Å². The molecular weight excluding hydrogens is 311 g/mol. The molecule has 1 aliphatic rings. The topological polar surface area (TPSA) is 67.4 Å². The average Bonchev–Trinajstić information content (AvgIpc) is 3.10. The molecule has 0 bridgehead atoms. The summed E-state index contributed by atoms with van der Waals surface area (Å²) in [4.78, 5) is 24.3. The highest BCUT2D eigenvalue weighted by Gasteiger charge is 2.23. The summed E-state index contributed by atoms with van der Waals surface area (Å²) in [6, 6.07) is 12.2. The number of carbonyl (C=O) groups is 2. The zero-order chi connectivity index (χ0) is 16.9. The van der Waals surface area contributed by atoms with Crippen LogP contribution in [0.3, 0.4) is 0 Å². The molecule has 1 heterocycles. The van der Waals surface area contributed by atoms with Crippen molar-refractivity contribution in [1.82, 2.24) is 0 Å². The van der Waals surface area contributed by atoms with Gasteiger partial charge in [-0.2, -0.15) is 0 Å². The predicted octanol–water partition coefficient (Wildman–Crippen LogP) is 3.20. The molecule has 0 aromatic heterocycles. The maximum Gasteiger partial charge on any atom is 0.255 e. The number of benzene rings is 2. The van der Waals surface area contributed by atoms with Crippen LogP contribution < -0.4 is 10.6 Å². The molecule has 6 heteroatoms. The first-order chi connectivity index (χ1) is 11.6. The number of hydrogen-bond donors (Lipinski definition) is 2. The molecule has 1 saturated heterocycles. The van der Waals surface area contributed by atoms with Crippen LogP contribution in [0.1, 0.15) is 23.2 Å². The molecule has 0 radical (unpaired) electrons. The largest absolute Gasteiger partial charge is 0.368 e. The van der Waals surface area contributed by atoms with E-state index < -0.39 is 11.9 Å². The van der Waals surface area contributed by atoms with Gasteiger partial charge in [0.1, 0.15) is 11.9 Å². The second kappa shape index (κ2) is 7.23. The molecule has 3 rings (SSSR count).